The van der Waals surface area contributed by atoms with E-state index in [-0.39, 0.29) is 17.2 Å². The van der Waals surface area contributed by atoms with Crippen LogP contribution in [0.2, 0.25) is 0 Å². The number of carbonyl (C=O) groups is 1. The van der Waals surface area contributed by atoms with E-state index in [1.54, 1.807) is 12.1 Å². The second-order valence-electron chi connectivity index (χ2n) is 4.71. The summed E-state index contributed by atoms with van der Waals surface area (Å²) in [6, 6.07) is 4.82. The Labute approximate surface area is 119 Å². The highest BCUT2D eigenvalue weighted by molar-refractivity contribution is 7.88. The average molecular weight is 300 g/mol. The van der Waals surface area contributed by atoms with Crippen LogP contribution in [0.3, 0.4) is 0 Å². The van der Waals surface area contributed by atoms with Gasteiger partial charge in [0.2, 0.25) is 10.0 Å². The second kappa shape index (κ2) is 6.71. The van der Waals surface area contributed by atoms with Gasteiger partial charge in [0.15, 0.2) is 0 Å². The van der Waals surface area contributed by atoms with E-state index in [1.165, 1.54) is 17.4 Å². The van der Waals surface area contributed by atoms with Gasteiger partial charge in [-0.15, -0.1) is 0 Å². The minimum absolute atomic E-state index is 0.0595. The highest BCUT2D eigenvalue weighted by Gasteiger charge is 2.12. The summed E-state index contributed by atoms with van der Waals surface area (Å²) in [7, 11) is -1.70. The minimum atomic E-state index is -3.19. The summed E-state index contributed by atoms with van der Waals surface area (Å²) in [5.41, 5.74) is 1.08. The number of nitrogens with one attached hydrogen (secondary N) is 1. The molecule has 1 amide bonds. The summed E-state index contributed by atoms with van der Waals surface area (Å²) in [6.07, 6.45) is 1.64. The van der Waals surface area contributed by atoms with Gasteiger partial charge in [0.25, 0.3) is 5.91 Å². The summed E-state index contributed by atoms with van der Waals surface area (Å²) < 4.78 is 23.6. The molecule has 0 aliphatic heterocycles. The monoisotopic (exact) mass is 300 g/mol. The van der Waals surface area contributed by atoms with Gasteiger partial charge in [0, 0.05) is 20.1 Å². The number of rotatable bonds is 6. The first-order valence-electron chi connectivity index (χ1n) is 6.21. The number of hydrogen-bond donors (Lipinski definition) is 2. The number of amides is 1. The van der Waals surface area contributed by atoms with Crippen LogP contribution in [0.1, 0.15) is 22.3 Å². The molecule has 1 aromatic carbocycles. The van der Waals surface area contributed by atoms with Gasteiger partial charge < -0.3 is 10.4 Å². The van der Waals surface area contributed by atoms with Crippen molar-refractivity contribution in [3.05, 3.63) is 29.3 Å². The molecule has 6 nitrogen and oxygen atoms in total. The Hall–Kier alpha value is -1.60. The largest absolute Gasteiger partial charge is 0.507 e. The van der Waals surface area contributed by atoms with Gasteiger partial charge in [0.05, 0.1) is 11.8 Å². The summed E-state index contributed by atoms with van der Waals surface area (Å²) >= 11 is 0. The third-order valence-electron chi connectivity index (χ3n) is 2.90. The highest BCUT2D eigenvalue weighted by Crippen LogP contribution is 2.17. The van der Waals surface area contributed by atoms with E-state index >= 15 is 0 Å². The van der Waals surface area contributed by atoms with Crippen molar-refractivity contribution in [2.45, 2.75) is 13.3 Å². The first kappa shape index (κ1) is 16.5. The molecule has 112 valence electrons. The van der Waals surface area contributed by atoms with E-state index < -0.39 is 10.0 Å². The Morgan fingerprint density at radius 1 is 1.40 bits per heavy atom. The quantitative estimate of drug-likeness (QED) is 0.758. The standard InChI is InChI=1S/C13H20N2O4S/c1-10-5-6-11(12(16)9-10)13(17)14-7-4-8-15(2)20(3,18)19/h5-6,9,16H,4,7-8H2,1-3H3,(H,14,17). The van der Waals surface area contributed by atoms with Crippen LogP contribution in [-0.4, -0.2) is 50.1 Å². The molecule has 0 atom stereocenters. The lowest BCUT2D eigenvalue weighted by atomic mass is 10.1. The van der Waals surface area contributed by atoms with Gasteiger partial charge in [-0.2, -0.15) is 0 Å². The molecule has 1 rings (SSSR count). The van der Waals surface area contributed by atoms with Crippen LogP contribution >= 0.6 is 0 Å². The van der Waals surface area contributed by atoms with Crippen LogP contribution in [0.4, 0.5) is 0 Å². The molecule has 0 aliphatic rings. The van der Waals surface area contributed by atoms with Gasteiger partial charge in [-0.1, -0.05) is 6.07 Å². The Balaban J connectivity index is 2.45. The molecule has 0 heterocycles. The van der Waals surface area contributed by atoms with Gasteiger partial charge in [-0.25, -0.2) is 12.7 Å². The molecule has 0 saturated carbocycles. The fourth-order valence-electron chi connectivity index (χ4n) is 1.60. The lowest BCUT2D eigenvalue weighted by Gasteiger charge is -2.14. The van der Waals surface area contributed by atoms with Crippen molar-refractivity contribution in [3.63, 3.8) is 0 Å². The van der Waals surface area contributed by atoms with Crippen molar-refractivity contribution >= 4 is 15.9 Å². The van der Waals surface area contributed by atoms with E-state index in [0.29, 0.717) is 19.5 Å². The number of aryl methyl sites for hydroxylation is 1. The topological polar surface area (TPSA) is 86.7 Å². The smallest absolute Gasteiger partial charge is 0.255 e. The van der Waals surface area contributed by atoms with Crippen molar-refractivity contribution < 1.29 is 18.3 Å². The molecule has 0 aliphatic carbocycles. The predicted octanol–water partition coefficient (Wildman–Crippen LogP) is 0.712. The summed E-state index contributed by atoms with van der Waals surface area (Å²) in [4.78, 5) is 11.8. The molecular formula is C13H20N2O4S. The molecule has 0 unspecified atom stereocenters. The number of aromatic hydroxyl groups is 1. The normalized spacial score (nSPS) is 11.6. The number of sulfonamides is 1. The maximum atomic E-state index is 11.8. The van der Waals surface area contributed by atoms with E-state index in [0.717, 1.165) is 11.8 Å². The highest BCUT2D eigenvalue weighted by atomic mass is 32.2. The molecule has 0 fully saturated rings. The van der Waals surface area contributed by atoms with Crippen molar-refractivity contribution in [1.29, 1.82) is 0 Å². The molecule has 2 N–H and O–H groups in total. The third-order valence-corrected chi connectivity index (χ3v) is 4.21. The molecule has 0 spiro atoms. The maximum Gasteiger partial charge on any atom is 0.255 e. The van der Waals surface area contributed by atoms with Crippen molar-refractivity contribution in [1.82, 2.24) is 9.62 Å². The van der Waals surface area contributed by atoms with Crippen LogP contribution < -0.4 is 5.32 Å². The van der Waals surface area contributed by atoms with Gasteiger partial charge in [-0.05, 0) is 31.0 Å². The fraction of sp³-hybridized carbons (Fsp3) is 0.462. The average Bonchev–Trinajstić information content (AvgIpc) is 2.32. The van der Waals surface area contributed by atoms with E-state index in [9.17, 15) is 18.3 Å². The molecule has 0 aromatic heterocycles. The Kier molecular flexibility index (Phi) is 5.52. The van der Waals surface area contributed by atoms with Gasteiger partial charge in [-0.3, -0.25) is 4.79 Å². The molecular weight excluding hydrogens is 280 g/mol. The SMILES string of the molecule is Cc1ccc(C(=O)NCCCN(C)S(C)(=O)=O)c(O)c1. The summed E-state index contributed by atoms with van der Waals surface area (Å²) in [5, 5.41) is 12.3. The zero-order valence-electron chi connectivity index (χ0n) is 11.9. The molecule has 1 aromatic rings. The number of nitrogens with zero attached hydrogens (tertiary/aromatic N) is 1. The lowest BCUT2D eigenvalue weighted by molar-refractivity contribution is 0.0950. The lowest BCUT2D eigenvalue weighted by Crippen LogP contribution is -2.30. The predicted molar refractivity (Wildman–Crippen MR) is 77.3 cm³/mol. The molecule has 7 heteroatoms. The van der Waals surface area contributed by atoms with Crippen LogP contribution in [0.15, 0.2) is 18.2 Å². The maximum absolute atomic E-state index is 11.8. The zero-order valence-corrected chi connectivity index (χ0v) is 12.7. The van der Waals surface area contributed by atoms with Crippen molar-refractivity contribution in [2.24, 2.45) is 0 Å². The second-order valence-corrected chi connectivity index (χ2v) is 6.80. The van der Waals surface area contributed by atoms with Crippen LogP contribution in [0.5, 0.6) is 5.75 Å². The van der Waals surface area contributed by atoms with Crippen molar-refractivity contribution in [3.8, 4) is 5.75 Å². The number of phenols is 1. The van der Waals surface area contributed by atoms with E-state index in [2.05, 4.69) is 5.32 Å². The Morgan fingerprint density at radius 2 is 2.05 bits per heavy atom. The van der Waals surface area contributed by atoms with E-state index in [1.807, 2.05) is 6.92 Å². The fourth-order valence-corrected chi connectivity index (χ4v) is 2.06. The van der Waals surface area contributed by atoms with Gasteiger partial charge in [0.1, 0.15) is 5.75 Å². The minimum Gasteiger partial charge on any atom is -0.507 e. The molecule has 0 saturated heterocycles. The molecule has 0 bridgehead atoms. The zero-order chi connectivity index (χ0) is 15.3. The summed E-state index contributed by atoms with van der Waals surface area (Å²) in [5.74, 6) is -0.430. The number of phenolic OH excluding ortho intramolecular Hbond substituents is 1. The third kappa shape index (κ3) is 4.82. The Morgan fingerprint density at radius 3 is 2.60 bits per heavy atom. The number of benzene rings is 1. The summed E-state index contributed by atoms with van der Waals surface area (Å²) in [6.45, 7) is 2.49. The number of carbonyl (C=O) groups excluding carboxylic acids is 1. The van der Waals surface area contributed by atoms with Crippen LogP contribution in [0.25, 0.3) is 0 Å². The first-order valence-corrected chi connectivity index (χ1v) is 8.06. The molecule has 20 heavy (non-hydrogen) atoms. The first-order chi connectivity index (χ1) is 9.21. The van der Waals surface area contributed by atoms with Gasteiger partial charge >= 0.3 is 0 Å². The van der Waals surface area contributed by atoms with Crippen LogP contribution in [0, 0.1) is 6.92 Å². The number of hydrogen-bond acceptors (Lipinski definition) is 4. The molecule has 0 radical (unpaired) electrons. The Bertz CT molecular complexity index is 584. The van der Waals surface area contributed by atoms with Crippen LogP contribution in [-0.2, 0) is 10.0 Å². The van der Waals surface area contributed by atoms with Crippen molar-refractivity contribution in [2.75, 3.05) is 26.4 Å². The van der Waals surface area contributed by atoms with E-state index in [4.69, 9.17) is 0 Å².